The number of para-hydroxylation sites is 2. The SMILES string of the molecule is CC(Nc1nc2ccccc2[nH]1)c1ccc(Br)cc1. The summed E-state index contributed by atoms with van der Waals surface area (Å²) in [5.41, 5.74) is 3.25. The molecule has 0 saturated heterocycles. The zero-order valence-electron chi connectivity index (χ0n) is 10.5. The lowest BCUT2D eigenvalue weighted by molar-refractivity contribution is 0.868. The molecule has 0 bridgehead atoms. The lowest BCUT2D eigenvalue weighted by atomic mass is 10.1. The molecule has 0 aliphatic rings. The zero-order valence-corrected chi connectivity index (χ0v) is 12.1. The highest BCUT2D eigenvalue weighted by atomic mass is 79.9. The van der Waals surface area contributed by atoms with Gasteiger partial charge in [-0.3, -0.25) is 0 Å². The van der Waals surface area contributed by atoms with Crippen molar-refractivity contribution in [3.05, 3.63) is 58.6 Å². The fourth-order valence-electron chi connectivity index (χ4n) is 2.06. The van der Waals surface area contributed by atoms with E-state index in [1.807, 2.05) is 36.4 Å². The molecule has 0 radical (unpaired) electrons. The molecule has 0 spiro atoms. The van der Waals surface area contributed by atoms with E-state index in [1.165, 1.54) is 5.56 Å². The predicted molar refractivity (Wildman–Crippen MR) is 82.3 cm³/mol. The van der Waals surface area contributed by atoms with Crippen molar-refractivity contribution in [3.8, 4) is 0 Å². The van der Waals surface area contributed by atoms with Gasteiger partial charge < -0.3 is 10.3 Å². The molecular weight excluding hydrogens is 302 g/mol. The molecule has 96 valence electrons. The molecule has 1 heterocycles. The van der Waals surface area contributed by atoms with Gasteiger partial charge in [0.2, 0.25) is 5.95 Å². The van der Waals surface area contributed by atoms with E-state index in [0.29, 0.717) is 0 Å². The summed E-state index contributed by atoms with van der Waals surface area (Å²) in [7, 11) is 0. The summed E-state index contributed by atoms with van der Waals surface area (Å²) in [4.78, 5) is 7.80. The lowest BCUT2D eigenvalue weighted by Gasteiger charge is -2.13. The average molecular weight is 316 g/mol. The number of anilines is 1. The Morgan fingerprint density at radius 3 is 2.58 bits per heavy atom. The molecule has 2 aromatic carbocycles. The highest BCUT2D eigenvalue weighted by Crippen LogP contribution is 2.21. The second-order valence-corrected chi connectivity index (χ2v) is 5.44. The molecule has 3 rings (SSSR count). The molecule has 1 aromatic heterocycles. The van der Waals surface area contributed by atoms with Crippen molar-refractivity contribution in [1.82, 2.24) is 9.97 Å². The molecule has 3 aromatic rings. The zero-order chi connectivity index (χ0) is 13.2. The second-order valence-electron chi connectivity index (χ2n) is 4.52. The smallest absolute Gasteiger partial charge is 0.201 e. The number of fused-ring (bicyclic) bond motifs is 1. The molecule has 4 heteroatoms. The molecule has 3 nitrogen and oxygen atoms in total. The van der Waals surface area contributed by atoms with Crippen molar-refractivity contribution >= 4 is 32.9 Å². The van der Waals surface area contributed by atoms with Crippen LogP contribution in [0.1, 0.15) is 18.5 Å². The normalized spacial score (nSPS) is 12.5. The van der Waals surface area contributed by atoms with Gasteiger partial charge in [0.05, 0.1) is 17.1 Å². The van der Waals surface area contributed by atoms with Gasteiger partial charge in [0.25, 0.3) is 0 Å². The summed E-state index contributed by atoms with van der Waals surface area (Å²) in [5.74, 6) is 0.802. The first kappa shape index (κ1) is 12.2. The number of aromatic amines is 1. The van der Waals surface area contributed by atoms with Crippen LogP contribution in [0.25, 0.3) is 11.0 Å². The van der Waals surface area contributed by atoms with Gasteiger partial charge in [-0.2, -0.15) is 0 Å². The predicted octanol–water partition coefficient (Wildman–Crippen LogP) is 4.50. The number of hydrogen-bond donors (Lipinski definition) is 2. The number of rotatable bonds is 3. The van der Waals surface area contributed by atoms with E-state index >= 15 is 0 Å². The summed E-state index contributed by atoms with van der Waals surface area (Å²) in [6.07, 6.45) is 0. The minimum Gasteiger partial charge on any atom is -0.349 e. The van der Waals surface area contributed by atoms with Crippen LogP contribution in [0, 0.1) is 0 Å². The van der Waals surface area contributed by atoms with Gasteiger partial charge in [-0.15, -0.1) is 0 Å². The van der Waals surface area contributed by atoms with Crippen molar-refractivity contribution in [2.45, 2.75) is 13.0 Å². The van der Waals surface area contributed by atoms with Crippen molar-refractivity contribution < 1.29 is 0 Å². The molecule has 1 atom stereocenters. The molecule has 0 amide bonds. The summed E-state index contributed by atoms with van der Waals surface area (Å²) in [6.45, 7) is 2.12. The number of H-pyrrole nitrogens is 1. The first-order valence-electron chi connectivity index (χ1n) is 6.19. The van der Waals surface area contributed by atoms with Crippen LogP contribution >= 0.6 is 15.9 Å². The van der Waals surface area contributed by atoms with Crippen LogP contribution in [-0.2, 0) is 0 Å². The number of nitrogens with one attached hydrogen (secondary N) is 2. The highest BCUT2D eigenvalue weighted by Gasteiger charge is 2.08. The second kappa shape index (κ2) is 5.05. The Bertz CT molecular complexity index is 655. The van der Waals surface area contributed by atoms with Crippen LogP contribution < -0.4 is 5.32 Å². The first-order chi connectivity index (χ1) is 9.22. The Morgan fingerprint density at radius 2 is 1.84 bits per heavy atom. The molecule has 2 N–H and O–H groups in total. The lowest BCUT2D eigenvalue weighted by Crippen LogP contribution is -2.07. The summed E-state index contributed by atoms with van der Waals surface area (Å²) < 4.78 is 1.09. The Labute approximate surface area is 120 Å². The highest BCUT2D eigenvalue weighted by molar-refractivity contribution is 9.10. The van der Waals surface area contributed by atoms with E-state index in [9.17, 15) is 0 Å². The third-order valence-electron chi connectivity index (χ3n) is 3.11. The number of aromatic nitrogens is 2. The number of imidazole rings is 1. The van der Waals surface area contributed by atoms with Crippen LogP contribution in [-0.4, -0.2) is 9.97 Å². The average Bonchev–Trinajstić information content (AvgIpc) is 2.81. The quantitative estimate of drug-likeness (QED) is 0.747. The van der Waals surface area contributed by atoms with E-state index in [-0.39, 0.29) is 6.04 Å². The third kappa shape index (κ3) is 2.63. The van der Waals surface area contributed by atoms with Gasteiger partial charge in [-0.1, -0.05) is 40.2 Å². The van der Waals surface area contributed by atoms with Gasteiger partial charge in [0, 0.05) is 4.47 Å². The topological polar surface area (TPSA) is 40.7 Å². The summed E-state index contributed by atoms with van der Waals surface area (Å²) >= 11 is 3.45. The first-order valence-corrected chi connectivity index (χ1v) is 6.98. The number of nitrogens with zero attached hydrogens (tertiary/aromatic N) is 1. The molecule has 0 aliphatic heterocycles. The molecule has 1 unspecified atom stereocenters. The van der Waals surface area contributed by atoms with E-state index in [0.717, 1.165) is 21.5 Å². The van der Waals surface area contributed by atoms with Crippen LogP contribution in [0.4, 0.5) is 5.95 Å². The van der Waals surface area contributed by atoms with Gasteiger partial charge >= 0.3 is 0 Å². The molecule has 19 heavy (non-hydrogen) atoms. The number of benzene rings is 2. The largest absolute Gasteiger partial charge is 0.349 e. The minimum atomic E-state index is 0.202. The Balaban J connectivity index is 1.82. The minimum absolute atomic E-state index is 0.202. The van der Waals surface area contributed by atoms with Crippen LogP contribution in [0.2, 0.25) is 0 Å². The van der Waals surface area contributed by atoms with E-state index < -0.39 is 0 Å². The molecule has 0 saturated carbocycles. The standard InChI is InChI=1S/C15H14BrN3/c1-10(11-6-8-12(16)9-7-11)17-15-18-13-4-2-3-5-14(13)19-15/h2-10H,1H3,(H2,17,18,19). The van der Waals surface area contributed by atoms with Gasteiger partial charge in [0.1, 0.15) is 0 Å². The van der Waals surface area contributed by atoms with Gasteiger partial charge in [-0.25, -0.2) is 4.98 Å². The van der Waals surface area contributed by atoms with Gasteiger partial charge in [0.15, 0.2) is 0 Å². The third-order valence-corrected chi connectivity index (χ3v) is 3.64. The Hall–Kier alpha value is -1.81. The Kier molecular flexibility index (Phi) is 3.25. The fourth-order valence-corrected chi connectivity index (χ4v) is 2.33. The van der Waals surface area contributed by atoms with Crippen LogP contribution in [0.3, 0.4) is 0 Å². The number of hydrogen-bond acceptors (Lipinski definition) is 2. The fraction of sp³-hybridized carbons (Fsp3) is 0.133. The van der Waals surface area contributed by atoms with E-state index in [1.54, 1.807) is 0 Å². The maximum absolute atomic E-state index is 4.52. The summed E-state index contributed by atoms with van der Waals surface area (Å²) in [5, 5.41) is 3.39. The van der Waals surface area contributed by atoms with Crippen LogP contribution in [0.15, 0.2) is 53.0 Å². The molecule has 0 fully saturated rings. The molecule has 0 aliphatic carbocycles. The van der Waals surface area contributed by atoms with Gasteiger partial charge in [-0.05, 0) is 36.8 Å². The van der Waals surface area contributed by atoms with Crippen LogP contribution in [0.5, 0.6) is 0 Å². The van der Waals surface area contributed by atoms with E-state index in [4.69, 9.17) is 0 Å². The maximum atomic E-state index is 4.52. The van der Waals surface area contributed by atoms with Crippen molar-refractivity contribution in [3.63, 3.8) is 0 Å². The molecular formula is C15H14BrN3. The Morgan fingerprint density at radius 1 is 1.11 bits per heavy atom. The maximum Gasteiger partial charge on any atom is 0.201 e. The van der Waals surface area contributed by atoms with Crippen molar-refractivity contribution in [2.24, 2.45) is 0 Å². The van der Waals surface area contributed by atoms with Crippen molar-refractivity contribution in [1.29, 1.82) is 0 Å². The number of halogens is 1. The van der Waals surface area contributed by atoms with E-state index in [2.05, 4.69) is 50.3 Å². The monoisotopic (exact) mass is 315 g/mol. The summed E-state index contributed by atoms with van der Waals surface area (Å²) in [6, 6.07) is 16.5. The van der Waals surface area contributed by atoms with Crippen molar-refractivity contribution in [2.75, 3.05) is 5.32 Å².